The van der Waals surface area contributed by atoms with Gasteiger partial charge in [0.15, 0.2) is 0 Å². The van der Waals surface area contributed by atoms with Crippen LogP contribution >= 0.6 is 0 Å². The first-order chi connectivity index (χ1) is 11.2. The number of carbonyl (C=O) groups excluding carboxylic acids is 1. The van der Waals surface area contributed by atoms with E-state index in [1.54, 1.807) is 12.1 Å². The van der Waals surface area contributed by atoms with E-state index >= 15 is 0 Å². The Labute approximate surface area is 143 Å². The lowest BCUT2D eigenvalue weighted by Gasteiger charge is -2.26. The molecular weight excluding hydrogens is 310 g/mol. The fourth-order valence-electron chi connectivity index (χ4n) is 2.50. The molecule has 1 heterocycles. The summed E-state index contributed by atoms with van der Waals surface area (Å²) in [5.41, 5.74) is 1.19. The number of esters is 1. The molecule has 0 fully saturated rings. The summed E-state index contributed by atoms with van der Waals surface area (Å²) in [5, 5.41) is 13.3. The van der Waals surface area contributed by atoms with Crippen LogP contribution in [-0.2, 0) is 11.2 Å². The second-order valence-electron chi connectivity index (χ2n) is 7.17. The molecule has 6 nitrogen and oxygen atoms in total. The SMILES string of the molecule is COc1cc(OCC(O)CNC(C)(C)C)c2c(c1)C(=O)OC(C)C2. The van der Waals surface area contributed by atoms with Crippen LogP contribution < -0.4 is 14.8 Å². The first-order valence-corrected chi connectivity index (χ1v) is 8.17. The fourth-order valence-corrected chi connectivity index (χ4v) is 2.50. The minimum Gasteiger partial charge on any atom is -0.497 e. The molecule has 1 aliphatic heterocycles. The first kappa shape index (κ1) is 18.5. The number of hydrogen-bond acceptors (Lipinski definition) is 6. The van der Waals surface area contributed by atoms with Gasteiger partial charge in [0.1, 0.15) is 30.3 Å². The van der Waals surface area contributed by atoms with Gasteiger partial charge >= 0.3 is 5.97 Å². The molecule has 1 aliphatic rings. The number of fused-ring (bicyclic) bond motifs is 1. The maximum absolute atomic E-state index is 12.1. The molecule has 134 valence electrons. The van der Waals surface area contributed by atoms with Crippen molar-refractivity contribution in [3.8, 4) is 11.5 Å². The summed E-state index contributed by atoms with van der Waals surface area (Å²) < 4.78 is 16.3. The van der Waals surface area contributed by atoms with Crippen molar-refractivity contribution < 1.29 is 24.1 Å². The number of aliphatic hydroxyl groups excluding tert-OH is 1. The average molecular weight is 337 g/mol. The molecule has 0 amide bonds. The van der Waals surface area contributed by atoms with Gasteiger partial charge in [0.05, 0.1) is 12.7 Å². The van der Waals surface area contributed by atoms with Gasteiger partial charge in [0, 0.05) is 30.1 Å². The molecule has 0 spiro atoms. The third kappa shape index (κ3) is 4.85. The van der Waals surface area contributed by atoms with Crippen LogP contribution in [0.4, 0.5) is 0 Å². The predicted molar refractivity (Wildman–Crippen MR) is 90.8 cm³/mol. The van der Waals surface area contributed by atoms with Gasteiger partial charge in [0.25, 0.3) is 0 Å². The maximum Gasteiger partial charge on any atom is 0.338 e. The summed E-state index contributed by atoms with van der Waals surface area (Å²) in [5.74, 6) is 0.711. The number of ether oxygens (including phenoxy) is 3. The first-order valence-electron chi connectivity index (χ1n) is 8.17. The number of β-amino-alcohol motifs (C(OH)–C–C–N with tert-alkyl or cyclic N) is 1. The van der Waals surface area contributed by atoms with Crippen LogP contribution in [-0.4, -0.2) is 49.1 Å². The summed E-state index contributed by atoms with van der Waals surface area (Å²) in [6, 6.07) is 3.40. The molecule has 6 heteroatoms. The summed E-state index contributed by atoms with van der Waals surface area (Å²) in [4.78, 5) is 12.1. The van der Waals surface area contributed by atoms with Gasteiger partial charge in [-0.15, -0.1) is 0 Å². The van der Waals surface area contributed by atoms with Gasteiger partial charge in [-0.05, 0) is 33.8 Å². The van der Waals surface area contributed by atoms with Gasteiger partial charge in [-0.25, -0.2) is 4.79 Å². The summed E-state index contributed by atoms with van der Waals surface area (Å²) in [6.07, 6.45) is -0.274. The monoisotopic (exact) mass is 337 g/mol. The van der Waals surface area contributed by atoms with Crippen molar-refractivity contribution in [1.29, 1.82) is 0 Å². The van der Waals surface area contributed by atoms with Gasteiger partial charge in [-0.2, -0.15) is 0 Å². The minimum absolute atomic E-state index is 0.0741. The summed E-state index contributed by atoms with van der Waals surface area (Å²) >= 11 is 0. The van der Waals surface area contributed by atoms with E-state index in [1.165, 1.54) is 7.11 Å². The Kier molecular flexibility index (Phi) is 5.72. The molecule has 0 aromatic heterocycles. The highest BCUT2D eigenvalue weighted by atomic mass is 16.5. The molecule has 1 aromatic carbocycles. The Morgan fingerprint density at radius 3 is 2.75 bits per heavy atom. The lowest BCUT2D eigenvalue weighted by Crippen LogP contribution is -2.42. The van der Waals surface area contributed by atoms with E-state index in [1.807, 2.05) is 27.7 Å². The molecule has 2 atom stereocenters. The van der Waals surface area contributed by atoms with Crippen molar-refractivity contribution in [2.24, 2.45) is 0 Å². The van der Waals surface area contributed by atoms with Crippen LogP contribution in [0, 0.1) is 0 Å². The number of benzene rings is 1. The van der Waals surface area contributed by atoms with E-state index in [2.05, 4.69) is 5.32 Å². The molecule has 0 saturated carbocycles. The lowest BCUT2D eigenvalue weighted by molar-refractivity contribution is 0.0295. The highest BCUT2D eigenvalue weighted by molar-refractivity contribution is 5.93. The van der Waals surface area contributed by atoms with Crippen LogP contribution in [0.15, 0.2) is 12.1 Å². The Balaban J connectivity index is 2.12. The van der Waals surface area contributed by atoms with E-state index in [0.29, 0.717) is 30.0 Å². The molecule has 2 rings (SSSR count). The smallest absolute Gasteiger partial charge is 0.338 e. The molecule has 1 aromatic rings. The van der Waals surface area contributed by atoms with Crippen molar-refractivity contribution in [3.63, 3.8) is 0 Å². The van der Waals surface area contributed by atoms with Crippen molar-refractivity contribution >= 4 is 5.97 Å². The molecular formula is C18H27NO5. The predicted octanol–water partition coefficient (Wildman–Crippen LogP) is 1.92. The zero-order valence-electron chi connectivity index (χ0n) is 15.0. The Morgan fingerprint density at radius 1 is 1.42 bits per heavy atom. The number of aliphatic hydroxyl groups is 1. The zero-order valence-corrected chi connectivity index (χ0v) is 15.0. The summed E-state index contributed by atoms with van der Waals surface area (Å²) in [7, 11) is 1.53. The quantitative estimate of drug-likeness (QED) is 0.773. The van der Waals surface area contributed by atoms with Gasteiger partial charge in [-0.1, -0.05) is 0 Å². The van der Waals surface area contributed by atoms with E-state index in [0.717, 1.165) is 5.56 Å². The van der Waals surface area contributed by atoms with E-state index in [-0.39, 0.29) is 24.2 Å². The van der Waals surface area contributed by atoms with Gasteiger partial charge in [0.2, 0.25) is 0 Å². The van der Waals surface area contributed by atoms with Crippen LogP contribution in [0.25, 0.3) is 0 Å². The molecule has 0 bridgehead atoms. The number of nitrogens with one attached hydrogen (secondary N) is 1. The van der Waals surface area contributed by atoms with Crippen molar-refractivity contribution in [2.45, 2.75) is 51.9 Å². The zero-order chi connectivity index (χ0) is 17.9. The van der Waals surface area contributed by atoms with Crippen molar-refractivity contribution in [2.75, 3.05) is 20.3 Å². The number of methoxy groups -OCH3 is 1. The topological polar surface area (TPSA) is 77.0 Å². The summed E-state index contributed by atoms with van der Waals surface area (Å²) in [6.45, 7) is 8.50. The minimum atomic E-state index is -0.654. The van der Waals surface area contributed by atoms with Crippen LogP contribution in [0.5, 0.6) is 11.5 Å². The second-order valence-corrected chi connectivity index (χ2v) is 7.17. The molecule has 0 saturated heterocycles. The van der Waals surface area contributed by atoms with Gasteiger partial charge in [-0.3, -0.25) is 0 Å². The van der Waals surface area contributed by atoms with Crippen LogP contribution in [0.3, 0.4) is 0 Å². The number of rotatable bonds is 6. The largest absolute Gasteiger partial charge is 0.497 e. The maximum atomic E-state index is 12.1. The molecule has 2 N–H and O–H groups in total. The van der Waals surface area contributed by atoms with E-state index in [4.69, 9.17) is 14.2 Å². The number of carbonyl (C=O) groups is 1. The second kappa shape index (κ2) is 7.40. The van der Waals surface area contributed by atoms with E-state index in [9.17, 15) is 9.90 Å². The third-order valence-electron chi connectivity index (χ3n) is 3.74. The molecule has 2 unspecified atom stereocenters. The third-order valence-corrected chi connectivity index (χ3v) is 3.74. The van der Waals surface area contributed by atoms with Gasteiger partial charge < -0.3 is 24.6 Å². The Bertz CT molecular complexity index is 594. The van der Waals surface area contributed by atoms with Crippen molar-refractivity contribution in [1.82, 2.24) is 5.32 Å². The highest BCUT2D eigenvalue weighted by Crippen LogP contribution is 2.33. The normalized spacial score (nSPS) is 18.6. The van der Waals surface area contributed by atoms with Crippen LogP contribution in [0.1, 0.15) is 43.6 Å². The van der Waals surface area contributed by atoms with E-state index < -0.39 is 6.10 Å². The molecule has 0 aliphatic carbocycles. The average Bonchev–Trinajstić information content (AvgIpc) is 2.50. The molecule has 0 radical (unpaired) electrons. The van der Waals surface area contributed by atoms with Crippen molar-refractivity contribution in [3.05, 3.63) is 23.3 Å². The molecule has 24 heavy (non-hydrogen) atoms. The highest BCUT2D eigenvalue weighted by Gasteiger charge is 2.28. The number of cyclic esters (lactones) is 1. The lowest BCUT2D eigenvalue weighted by atomic mass is 9.97. The Hall–Kier alpha value is -1.79. The number of hydrogen-bond donors (Lipinski definition) is 2. The fraction of sp³-hybridized carbons (Fsp3) is 0.611. The Morgan fingerprint density at radius 2 is 2.12 bits per heavy atom. The standard InChI is InChI=1S/C18H27NO5/c1-11-6-14-15(17(21)24-11)7-13(22-5)8-16(14)23-10-12(20)9-19-18(2,3)4/h7-8,11-12,19-20H,6,9-10H2,1-5H3. The van der Waals surface area contributed by atoms with Crippen LogP contribution in [0.2, 0.25) is 0 Å².